The number of ether oxygens (including phenoxy) is 1. The van der Waals surface area contributed by atoms with Gasteiger partial charge < -0.3 is 14.7 Å². The van der Waals surface area contributed by atoms with Gasteiger partial charge in [-0.2, -0.15) is 8.42 Å². The van der Waals surface area contributed by atoms with Crippen LogP contribution in [0.15, 0.2) is 24.3 Å². The number of rotatable bonds is 5. The fourth-order valence-corrected chi connectivity index (χ4v) is 1.63. The molecular formula is C10H12FNO5S. The third kappa shape index (κ3) is 4.68. The van der Waals surface area contributed by atoms with Crippen LogP contribution in [0.25, 0.3) is 0 Å². The summed E-state index contributed by atoms with van der Waals surface area (Å²) in [7, 11) is -3.80. The Labute approximate surface area is 104 Å². The minimum absolute atomic E-state index is 0.159. The zero-order valence-electron chi connectivity index (χ0n) is 9.50. The quantitative estimate of drug-likeness (QED) is 0.615. The summed E-state index contributed by atoms with van der Waals surface area (Å²) in [6.07, 6.45) is 0.218. The first-order valence-electron chi connectivity index (χ1n) is 4.88. The Morgan fingerprint density at radius 1 is 1.39 bits per heavy atom. The lowest BCUT2D eigenvalue weighted by Crippen LogP contribution is -2.33. The number of carbonyl (C=O) groups is 1. The average molecular weight is 277 g/mol. The molecule has 2 N–H and O–H groups in total. The van der Waals surface area contributed by atoms with Crippen molar-refractivity contribution in [3.63, 3.8) is 0 Å². The Kier molecular flexibility index (Phi) is 4.62. The van der Waals surface area contributed by atoms with Gasteiger partial charge in [0.05, 0.1) is 7.11 Å². The molecule has 0 heterocycles. The van der Waals surface area contributed by atoms with Crippen molar-refractivity contribution in [2.24, 2.45) is 5.73 Å². The minimum atomic E-state index is -5.03. The normalized spacial score (nSPS) is 12.8. The third-order valence-corrected chi connectivity index (χ3v) is 2.47. The van der Waals surface area contributed by atoms with E-state index in [9.17, 15) is 17.1 Å². The number of carbonyl (C=O) groups excluding carboxylic acids is 1. The van der Waals surface area contributed by atoms with Crippen molar-refractivity contribution < 1.29 is 26.0 Å². The van der Waals surface area contributed by atoms with Crippen LogP contribution in [0.5, 0.6) is 5.75 Å². The molecule has 0 saturated carbocycles. The van der Waals surface area contributed by atoms with Crippen molar-refractivity contribution in [2.75, 3.05) is 7.11 Å². The van der Waals surface area contributed by atoms with Crippen LogP contribution >= 0.6 is 0 Å². The molecular weight excluding hydrogens is 265 g/mol. The highest BCUT2D eigenvalue weighted by molar-refractivity contribution is 7.81. The molecule has 8 heteroatoms. The number of hydrogen-bond donors (Lipinski definition) is 1. The van der Waals surface area contributed by atoms with Gasteiger partial charge in [0.15, 0.2) is 0 Å². The smallest absolute Gasteiger partial charge is 0.468 e. The zero-order valence-corrected chi connectivity index (χ0v) is 10.3. The van der Waals surface area contributed by atoms with Crippen LogP contribution in [0.2, 0.25) is 0 Å². The maximum Gasteiger partial charge on any atom is 0.488 e. The van der Waals surface area contributed by atoms with Crippen LogP contribution < -0.4 is 9.92 Å². The van der Waals surface area contributed by atoms with Gasteiger partial charge in [0.1, 0.15) is 11.8 Å². The molecule has 1 aromatic carbocycles. The summed E-state index contributed by atoms with van der Waals surface area (Å²) in [6.45, 7) is 0. The molecule has 100 valence electrons. The number of nitrogens with two attached hydrogens (primary N) is 1. The van der Waals surface area contributed by atoms with Crippen molar-refractivity contribution in [1.29, 1.82) is 0 Å². The molecule has 0 spiro atoms. The molecule has 18 heavy (non-hydrogen) atoms. The molecule has 1 atom stereocenters. The fraction of sp³-hybridized carbons (Fsp3) is 0.300. The predicted molar refractivity (Wildman–Crippen MR) is 60.8 cm³/mol. The Bertz CT molecular complexity index is 514. The molecule has 0 aliphatic carbocycles. The molecule has 1 unspecified atom stereocenters. The third-order valence-electron chi connectivity index (χ3n) is 2.08. The first kappa shape index (κ1) is 14.4. The van der Waals surface area contributed by atoms with Crippen LogP contribution in [-0.4, -0.2) is 27.5 Å². The Morgan fingerprint density at radius 3 is 2.39 bits per heavy atom. The van der Waals surface area contributed by atoms with E-state index in [1.54, 1.807) is 0 Å². The summed E-state index contributed by atoms with van der Waals surface area (Å²) in [5.74, 6) is -0.713. The second-order valence-corrected chi connectivity index (χ2v) is 4.41. The minimum Gasteiger partial charge on any atom is -0.468 e. The Morgan fingerprint density at radius 2 is 1.94 bits per heavy atom. The lowest BCUT2D eigenvalue weighted by Gasteiger charge is -2.09. The van der Waals surface area contributed by atoms with E-state index in [1.165, 1.54) is 31.4 Å². The summed E-state index contributed by atoms with van der Waals surface area (Å²) < 4.78 is 41.1. The number of hydrogen-bond acceptors (Lipinski definition) is 6. The van der Waals surface area contributed by atoms with Gasteiger partial charge in [-0.05, 0) is 24.1 Å². The van der Waals surface area contributed by atoms with E-state index < -0.39 is 22.5 Å². The van der Waals surface area contributed by atoms with Gasteiger partial charge in [-0.15, -0.1) is 0 Å². The molecule has 0 aliphatic rings. The maximum atomic E-state index is 12.2. The largest absolute Gasteiger partial charge is 0.488 e. The summed E-state index contributed by atoms with van der Waals surface area (Å²) in [4.78, 5) is 11.1. The van der Waals surface area contributed by atoms with Gasteiger partial charge in [-0.1, -0.05) is 16.0 Å². The van der Waals surface area contributed by atoms with Crippen molar-refractivity contribution >= 4 is 16.5 Å². The van der Waals surface area contributed by atoms with Gasteiger partial charge in [0, 0.05) is 0 Å². The average Bonchev–Trinajstić information content (AvgIpc) is 2.28. The first-order chi connectivity index (χ1) is 8.31. The Balaban J connectivity index is 2.69. The van der Waals surface area contributed by atoms with Crippen LogP contribution in [-0.2, 0) is 26.5 Å². The van der Waals surface area contributed by atoms with Gasteiger partial charge >= 0.3 is 16.5 Å². The van der Waals surface area contributed by atoms with E-state index in [0.29, 0.717) is 5.56 Å². The Hall–Kier alpha value is -1.67. The second kappa shape index (κ2) is 5.78. The summed E-state index contributed by atoms with van der Waals surface area (Å²) >= 11 is 0. The number of esters is 1. The van der Waals surface area contributed by atoms with Crippen LogP contribution in [0, 0.1) is 0 Å². The van der Waals surface area contributed by atoms with E-state index in [-0.39, 0.29) is 12.2 Å². The van der Waals surface area contributed by atoms with Gasteiger partial charge in [-0.25, -0.2) is 0 Å². The SMILES string of the molecule is COC(=O)C(N)Cc1ccc(OS(=O)(=O)F)cc1. The number of benzene rings is 1. The molecule has 0 aliphatic heterocycles. The van der Waals surface area contributed by atoms with Crippen molar-refractivity contribution in [3.05, 3.63) is 29.8 Å². The van der Waals surface area contributed by atoms with Crippen LogP contribution in [0.4, 0.5) is 3.89 Å². The molecule has 1 rings (SSSR count). The monoisotopic (exact) mass is 277 g/mol. The van der Waals surface area contributed by atoms with Gasteiger partial charge in [0.25, 0.3) is 0 Å². The van der Waals surface area contributed by atoms with Gasteiger partial charge in [0.2, 0.25) is 0 Å². The summed E-state index contributed by atoms with van der Waals surface area (Å²) in [5.41, 5.74) is 6.20. The zero-order chi connectivity index (χ0) is 13.8. The molecule has 0 amide bonds. The second-order valence-electron chi connectivity index (χ2n) is 3.45. The molecule has 6 nitrogen and oxygen atoms in total. The van der Waals surface area contributed by atoms with E-state index in [4.69, 9.17) is 5.73 Å². The maximum absolute atomic E-state index is 12.2. The lowest BCUT2D eigenvalue weighted by atomic mass is 10.1. The standard InChI is InChI=1S/C10H12FNO5S/c1-16-10(13)9(12)6-7-2-4-8(5-3-7)17-18(11,14)15/h2-5,9H,6,12H2,1H3. The molecule has 0 radical (unpaired) electrons. The van der Waals surface area contributed by atoms with Crippen LogP contribution in [0.1, 0.15) is 5.56 Å². The van der Waals surface area contributed by atoms with Crippen molar-refractivity contribution in [1.82, 2.24) is 0 Å². The van der Waals surface area contributed by atoms with E-state index in [0.717, 1.165) is 0 Å². The summed E-state index contributed by atoms with van der Waals surface area (Å²) in [6, 6.07) is 4.66. The van der Waals surface area contributed by atoms with E-state index >= 15 is 0 Å². The van der Waals surface area contributed by atoms with Gasteiger partial charge in [-0.3, -0.25) is 4.79 Å². The van der Waals surface area contributed by atoms with E-state index in [2.05, 4.69) is 8.92 Å². The lowest BCUT2D eigenvalue weighted by molar-refractivity contribution is -0.142. The first-order valence-corrected chi connectivity index (χ1v) is 6.19. The number of methoxy groups -OCH3 is 1. The fourth-order valence-electron chi connectivity index (χ4n) is 1.28. The molecule has 0 saturated heterocycles. The highest BCUT2D eigenvalue weighted by atomic mass is 32.3. The molecule has 0 aromatic heterocycles. The highest BCUT2D eigenvalue weighted by Crippen LogP contribution is 2.15. The van der Waals surface area contributed by atoms with E-state index in [1.807, 2.05) is 0 Å². The molecule has 0 bridgehead atoms. The van der Waals surface area contributed by atoms with Crippen molar-refractivity contribution in [3.8, 4) is 5.75 Å². The molecule has 1 aromatic rings. The highest BCUT2D eigenvalue weighted by Gasteiger charge is 2.14. The molecule has 0 fully saturated rings. The van der Waals surface area contributed by atoms with Crippen LogP contribution in [0.3, 0.4) is 0 Å². The number of halogens is 1. The predicted octanol–water partition coefficient (Wildman–Crippen LogP) is 0.322. The summed E-state index contributed by atoms with van der Waals surface area (Å²) in [5, 5.41) is 0. The van der Waals surface area contributed by atoms with Crippen molar-refractivity contribution in [2.45, 2.75) is 12.5 Å². The topological polar surface area (TPSA) is 95.7 Å².